The molecule has 1 fully saturated rings. The number of nitrogens with one attached hydrogen (secondary N) is 1. The first-order valence-electron chi connectivity index (χ1n) is 6.61. The van der Waals surface area contributed by atoms with Gasteiger partial charge in [0.1, 0.15) is 11.5 Å². The summed E-state index contributed by atoms with van der Waals surface area (Å²) in [6.07, 6.45) is 3.53. The second kappa shape index (κ2) is 5.83. The first kappa shape index (κ1) is 13.5. The zero-order chi connectivity index (χ0) is 13.1. The lowest BCUT2D eigenvalue weighted by Gasteiger charge is -2.19. The molecule has 18 heavy (non-hydrogen) atoms. The van der Waals surface area contributed by atoms with Gasteiger partial charge in [-0.15, -0.1) is 0 Å². The molecule has 100 valence electrons. The molecular weight excluding hydrogens is 246 g/mol. The summed E-state index contributed by atoms with van der Waals surface area (Å²) >= 11 is 1.96. The van der Waals surface area contributed by atoms with Crippen LogP contribution in [0.2, 0.25) is 0 Å². The number of hydrogen-bond acceptors (Lipinski definition) is 3. The van der Waals surface area contributed by atoms with Crippen molar-refractivity contribution in [3.63, 3.8) is 0 Å². The Balaban J connectivity index is 2.00. The molecule has 0 aromatic carbocycles. The highest BCUT2D eigenvalue weighted by molar-refractivity contribution is 7.99. The Kier molecular flexibility index (Phi) is 4.38. The average Bonchev–Trinajstić information content (AvgIpc) is 2.87. The van der Waals surface area contributed by atoms with E-state index < -0.39 is 0 Å². The summed E-state index contributed by atoms with van der Waals surface area (Å²) in [5, 5.41) is 3.74. The molecule has 1 aliphatic rings. The molecule has 0 saturated heterocycles. The molecule has 2 rings (SSSR count). The zero-order valence-electron chi connectivity index (χ0n) is 11.3. The largest absolute Gasteiger partial charge is 0.466 e. The fraction of sp³-hybridized carbons (Fsp3) is 0.643. The van der Waals surface area contributed by atoms with E-state index in [1.807, 2.05) is 31.7 Å². The summed E-state index contributed by atoms with van der Waals surface area (Å²) in [6, 6.07) is 2.14. The summed E-state index contributed by atoms with van der Waals surface area (Å²) in [4.78, 5) is 12.2. The predicted octanol–water partition coefficient (Wildman–Crippen LogP) is 3.30. The fourth-order valence-electron chi connectivity index (χ4n) is 2.61. The number of furan rings is 1. The van der Waals surface area contributed by atoms with Crippen molar-refractivity contribution in [3.05, 3.63) is 23.2 Å². The molecule has 1 aliphatic carbocycles. The third-order valence-corrected chi connectivity index (χ3v) is 4.76. The molecule has 0 radical (unpaired) electrons. The Morgan fingerprint density at radius 3 is 2.89 bits per heavy atom. The fourth-order valence-corrected chi connectivity index (χ4v) is 3.81. The number of aryl methyl sites for hydroxylation is 2. The van der Waals surface area contributed by atoms with Crippen LogP contribution in [0, 0.1) is 13.8 Å². The first-order chi connectivity index (χ1) is 8.61. The molecule has 2 unspecified atom stereocenters. The molecule has 4 heteroatoms. The molecule has 2 atom stereocenters. The Hall–Kier alpha value is -0.900. The van der Waals surface area contributed by atoms with Gasteiger partial charge in [-0.2, -0.15) is 11.8 Å². The van der Waals surface area contributed by atoms with Gasteiger partial charge in [-0.05, 0) is 38.5 Å². The van der Waals surface area contributed by atoms with E-state index in [9.17, 15) is 4.79 Å². The van der Waals surface area contributed by atoms with Crippen molar-refractivity contribution < 1.29 is 9.21 Å². The van der Waals surface area contributed by atoms with E-state index >= 15 is 0 Å². The Bertz CT molecular complexity index is 427. The van der Waals surface area contributed by atoms with Gasteiger partial charge in [0.05, 0.1) is 5.56 Å². The van der Waals surface area contributed by atoms with Gasteiger partial charge in [0.25, 0.3) is 5.91 Å². The number of thioether (sulfide) groups is 1. The maximum atomic E-state index is 12.2. The summed E-state index contributed by atoms with van der Waals surface area (Å²) in [5.41, 5.74) is 0.680. The minimum absolute atomic E-state index is 0.0120. The van der Waals surface area contributed by atoms with Crippen LogP contribution in [0.3, 0.4) is 0 Å². The highest BCUT2D eigenvalue weighted by Gasteiger charge is 2.29. The Morgan fingerprint density at radius 1 is 1.50 bits per heavy atom. The Labute approximate surface area is 113 Å². The normalized spacial score (nSPS) is 23.3. The minimum Gasteiger partial charge on any atom is -0.466 e. The van der Waals surface area contributed by atoms with Crippen LogP contribution in [-0.4, -0.2) is 23.0 Å². The summed E-state index contributed by atoms with van der Waals surface area (Å²) in [6.45, 7) is 5.88. The minimum atomic E-state index is 0.0120. The van der Waals surface area contributed by atoms with Crippen LogP contribution in [0.15, 0.2) is 10.5 Å². The van der Waals surface area contributed by atoms with E-state index in [1.54, 1.807) is 0 Å². The number of carbonyl (C=O) groups excluding carboxylic acids is 1. The van der Waals surface area contributed by atoms with Crippen molar-refractivity contribution >= 4 is 17.7 Å². The van der Waals surface area contributed by atoms with Gasteiger partial charge in [0.2, 0.25) is 0 Å². The maximum Gasteiger partial charge on any atom is 0.255 e. The van der Waals surface area contributed by atoms with Crippen LogP contribution in [0.1, 0.15) is 48.1 Å². The van der Waals surface area contributed by atoms with E-state index in [0.29, 0.717) is 22.6 Å². The lowest BCUT2D eigenvalue weighted by atomic mass is 10.2. The maximum absolute atomic E-state index is 12.2. The first-order valence-corrected chi connectivity index (χ1v) is 7.66. The van der Waals surface area contributed by atoms with Crippen molar-refractivity contribution in [3.8, 4) is 0 Å². The molecule has 1 amide bonds. The SMILES string of the molecule is CCSC1CCCC1NC(=O)c1cc(C)oc1C. The quantitative estimate of drug-likeness (QED) is 0.910. The highest BCUT2D eigenvalue weighted by Crippen LogP contribution is 2.30. The van der Waals surface area contributed by atoms with Crippen LogP contribution < -0.4 is 5.32 Å². The second-order valence-electron chi connectivity index (χ2n) is 4.83. The van der Waals surface area contributed by atoms with Crippen molar-refractivity contribution in [2.24, 2.45) is 0 Å². The average molecular weight is 267 g/mol. The van der Waals surface area contributed by atoms with Gasteiger partial charge in [-0.1, -0.05) is 13.3 Å². The topological polar surface area (TPSA) is 42.2 Å². The molecule has 1 saturated carbocycles. The van der Waals surface area contributed by atoms with Crippen molar-refractivity contribution in [1.82, 2.24) is 5.32 Å². The van der Waals surface area contributed by atoms with E-state index in [4.69, 9.17) is 4.42 Å². The van der Waals surface area contributed by atoms with Crippen LogP contribution in [-0.2, 0) is 0 Å². The molecule has 1 N–H and O–H groups in total. The lowest BCUT2D eigenvalue weighted by Crippen LogP contribution is -2.38. The van der Waals surface area contributed by atoms with Gasteiger partial charge in [-0.3, -0.25) is 4.79 Å². The van der Waals surface area contributed by atoms with E-state index in [2.05, 4.69) is 12.2 Å². The van der Waals surface area contributed by atoms with E-state index in [1.165, 1.54) is 12.8 Å². The second-order valence-corrected chi connectivity index (χ2v) is 6.35. The molecule has 1 heterocycles. The molecule has 1 aromatic rings. The van der Waals surface area contributed by atoms with Crippen LogP contribution in [0.5, 0.6) is 0 Å². The number of hydrogen-bond donors (Lipinski definition) is 1. The summed E-state index contributed by atoms with van der Waals surface area (Å²) in [7, 11) is 0. The monoisotopic (exact) mass is 267 g/mol. The van der Waals surface area contributed by atoms with E-state index in [-0.39, 0.29) is 5.91 Å². The van der Waals surface area contributed by atoms with Crippen molar-refractivity contribution in [1.29, 1.82) is 0 Å². The van der Waals surface area contributed by atoms with Gasteiger partial charge in [0, 0.05) is 11.3 Å². The third kappa shape index (κ3) is 2.91. The van der Waals surface area contributed by atoms with Gasteiger partial charge < -0.3 is 9.73 Å². The number of rotatable bonds is 4. The van der Waals surface area contributed by atoms with Gasteiger partial charge >= 0.3 is 0 Å². The van der Waals surface area contributed by atoms with Crippen LogP contribution >= 0.6 is 11.8 Å². The summed E-state index contributed by atoms with van der Waals surface area (Å²) < 4.78 is 5.41. The smallest absolute Gasteiger partial charge is 0.255 e. The highest BCUT2D eigenvalue weighted by atomic mass is 32.2. The summed E-state index contributed by atoms with van der Waals surface area (Å²) in [5.74, 6) is 2.63. The van der Waals surface area contributed by atoms with Gasteiger partial charge in [0.15, 0.2) is 0 Å². The molecule has 0 spiro atoms. The number of amides is 1. The van der Waals surface area contributed by atoms with Gasteiger partial charge in [-0.25, -0.2) is 0 Å². The zero-order valence-corrected chi connectivity index (χ0v) is 12.1. The molecule has 3 nitrogen and oxygen atoms in total. The van der Waals surface area contributed by atoms with Crippen LogP contribution in [0.25, 0.3) is 0 Å². The number of carbonyl (C=O) groups is 1. The molecular formula is C14H21NO2S. The van der Waals surface area contributed by atoms with Crippen molar-refractivity contribution in [2.45, 2.75) is 51.3 Å². The molecule has 0 aliphatic heterocycles. The van der Waals surface area contributed by atoms with Crippen LogP contribution in [0.4, 0.5) is 0 Å². The molecule has 0 bridgehead atoms. The third-order valence-electron chi connectivity index (χ3n) is 3.44. The predicted molar refractivity (Wildman–Crippen MR) is 75.2 cm³/mol. The Morgan fingerprint density at radius 2 is 2.28 bits per heavy atom. The molecule has 1 aromatic heterocycles. The van der Waals surface area contributed by atoms with Crippen molar-refractivity contribution in [2.75, 3.05) is 5.75 Å². The van der Waals surface area contributed by atoms with E-state index in [0.717, 1.165) is 17.9 Å². The standard InChI is InChI=1S/C14H21NO2S/c1-4-18-13-7-5-6-12(13)15-14(16)11-8-9(2)17-10(11)3/h8,12-13H,4-7H2,1-3H3,(H,15,16). The lowest BCUT2D eigenvalue weighted by molar-refractivity contribution is 0.0937.